The number of nitrogens with zero attached hydrogens (tertiary/aromatic N) is 4. The molecule has 3 aromatic heterocycles. The number of fused-ring (bicyclic) bond motifs is 1. The van der Waals surface area contributed by atoms with Gasteiger partial charge in [-0.05, 0) is 23.6 Å². The molecule has 28 heavy (non-hydrogen) atoms. The Hall–Kier alpha value is -2.77. The minimum atomic E-state index is -0.402. The molecule has 4 heterocycles. The molecule has 0 aromatic carbocycles. The van der Waals surface area contributed by atoms with Crippen molar-refractivity contribution in [2.45, 2.75) is 12.8 Å². The molecule has 1 fully saturated rings. The fraction of sp³-hybridized carbons (Fsp3) is 0.333. The van der Waals surface area contributed by atoms with Crippen molar-refractivity contribution in [3.05, 3.63) is 54.5 Å². The summed E-state index contributed by atoms with van der Waals surface area (Å²) in [4.78, 5) is 27.2. The Morgan fingerprint density at radius 3 is 2.68 bits per heavy atom. The molecule has 1 saturated heterocycles. The molecule has 6 nitrogen and oxygen atoms in total. The maximum atomic E-state index is 13.4. The maximum absolute atomic E-state index is 13.4. The molecule has 0 atom stereocenters. The molecule has 0 radical (unpaired) electrons. The van der Waals surface area contributed by atoms with Gasteiger partial charge in [0.1, 0.15) is 11.6 Å². The van der Waals surface area contributed by atoms with E-state index in [4.69, 9.17) is 4.74 Å². The highest BCUT2D eigenvalue weighted by Gasteiger charge is 2.13. The first-order chi connectivity index (χ1) is 13.7. The van der Waals surface area contributed by atoms with Crippen LogP contribution < -0.4 is 0 Å². The van der Waals surface area contributed by atoms with E-state index in [9.17, 15) is 9.18 Å². The molecule has 0 amide bonds. The van der Waals surface area contributed by atoms with E-state index in [-0.39, 0.29) is 5.78 Å². The van der Waals surface area contributed by atoms with Crippen LogP contribution in [0.1, 0.15) is 12.1 Å². The summed E-state index contributed by atoms with van der Waals surface area (Å²) in [5.41, 5.74) is 1.98. The Morgan fingerprint density at radius 1 is 1.04 bits per heavy atom. The van der Waals surface area contributed by atoms with Crippen LogP contribution in [0.3, 0.4) is 0 Å². The normalized spacial score (nSPS) is 15.0. The van der Waals surface area contributed by atoms with Crippen molar-refractivity contribution >= 4 is 16.6 Å². The number of carbonyl (C=O) groups is 1. The molecule has 0 spiro atoms. The summed E-state index contributed by atoms with van der Waals surface area (Å²) >= 11 is 0. The third kappa shape index (κ3) is 4.55. The number of morpholine rings is 1. The molecule has 7 heteroatoms. The van der Waals surface area contributed by atoms with E-state index >= 15 is 0 Å². The van der Waals surface area contributed by atoms with E-state index in [1.165, 1.54) is 6.07 Å². The van der Waals surface area contributed by atoms with Crippen LogP contribution in [0.25, 0.3) is 22.0 Å². The van der Waals surface area contributed by atoms with Gasteiger partial charge in [0.05, 0.1) is 25.1 Å². The first kappa shape index (κ1) is 18.6. The second-order valence-electron chi connectivity index (χ2n) is 6.90. The number of ether oxygens (including phenoxy) is 1. The number of hydrogen-bond donors (Lipinski definition) is 0. The van der Waals surface area contributed by atoms with Gasteiger partial charge >= 0.3 is 0 Å². The highest BCUT2D eigenvalue weighted by Crippen LogP contribution is 2.22. The first-order valence-corrected chi connectivity index (χ1v) is 9.35. The van der Waals surface area contributed by atoms with Gasteiger partial charge in [0.15, 0.2) is 0 Å². The van der Waals surface area contributed by atoms with Crippen molar-refractivity contribution < 1.29 is 13.9 Å². The quantitative estimate of drug-likeness (QED) is 0.655. The molecule has 0 saturated carbocycles. The van der Waals surface area contributed by atoms with Gasteiger partial charge in [-0.2, -0.15) is 0 Å². The minimum Gasteiger partial charge on any atom is -0.379 e. The van der Waals surface area contributed by atoms with Gasteiger partial charge in [-0.3, -0.25) is 24.6 Å². The van der Waals surface area contributed by atoms with E-state index in [2.05, 4.69) is 19.9 Å². The molecule has 4 rings (SSSR count). The smallest absolute Gasteiger partial charge is 0.142 e. The zero-order chi connectivity index (χ0) is 19.3. The Morgan fingerprint density at radius 2 is 1.86 bits per heavy atom. The lowest BCUT2D eigenvalue weighted by Gasteiger charge is -2.26. The SMILES string of the molecule is O=C(CCN1CCOCC1)Cc1cc2cc(-c3cncc(F)c3)ncc2cn1. The number of aromatic nitrogens is 3. The number of ketones is 1. The minimum absolute atomic E-state index is 0.168. The highest BCUT2D eigenvalue weighted by molar-refractivity contribution is 5.86. The molecule has 0 N–H and O–H groups in total. The van der Waals surface area contributed by atoms with Gasteiger partial charge in [-0.15, -0.1) is 0 Å². The van der Waals surface area contributed by atoms with Crippen LogP contribution >= 0.6 is 0 Å². The monoisotopic (exact) mass is 380 g/mol. The average Bonchev–Trinajstić information content (AvgIpc) is 2.72. The number of hydrogen-bond acceptors (Lipinski definition) is 6. The molecule has 3 aromatic rings. The predicted molar refractivity (Wildman–Crippen MR) is 103 cm³/mol. The van der Waals surface area contributed by atoms with Crippen LogP contribution in [0.4, 0.5) is 4.39 Å². The lowest BCUT2D eigenvalue weighted by molar-refractivity contribution is -0.119. The standard InChI is InChI=1S/C21H21FN4O2/c22-18-7-16(11-23-14-18)21-9-15-8-19(24-12-17(15)13-25-21)10-20(27)1-2-26-3-5-28-6-4-26/h7-9,11-14H,1-6,10H2. The number of rotatable bonds is 6. The lowest BCUT2D eigenvalue weighted by atomic mass is 10.1. The lowest BCUT2D eigenvalue weighted by Crippen LogP contribution is -2.37. The maximum Gasteiger partial charge on any atom is 0.142 e. The third-order valence-electron chi connectivity index (χ3n) is 4.85. The fourth-order valence-electron chi connectivity index (χ4n) is 3.29. The summed E-state index contributed by atoms with van der Waals surface area (Å²) in [5.74, 6) is -0.234. The predicted octanol–water partition coefficient (Wildman–Crippen LogP) is 2.66. The summed E-state index contributed by atoms with van der Waals surface area (Å²) in [6.45, 7) is 3.99. The van der Waals surface area contributed by atoms with Gasteiger partial charge in [0.25, 0.3) is 0 Å². The van der Waals surface area contributed by atoms with E-state index in [1.807, 2.05) is 12.1 Å². The van der Waals surface area contributed by atoms with Crippen LogP contribution in [-0.4, -0.2) is 58.5 Å². The fourth-order valence-corrected chi connectivity index (χ4v) is 3.29. The van der Waals surface area contributed by atoms with E-state index in [1.54, 1.807) is 18.6 Å². The second-order valence-corrected chi connectivity index (χ2v) is 6.90. The number of Topliss-reactive ketones (excluding diaryl/α,β-unsaturated/α-hetero) is 1. The molecule has 0 aliphatic carbocycles. The number of pyridine rings is 3. The molecular weight excluding hydrogens is 359 g/mol. The van der Waals surface area contributed by atoms with Crippen LogP contribution in [0.2, 0.25) is 0 Å². The summed E-state index contributed by atoms with van der Waals surface area (Å²) in [7, 11) is 0. The third-order valence-corrected chi connectivity index (χ3v) is 4.85. The Kier molecular flexibility index (Phi) is 5.64. The van der Waals surface area contributed by atoms with Crippen molar-refractivity contribution in [1.82, 2.24) is 19.9 Å². The Labute approximate surface area is 162 Å². The summed E-state index contributed by atoms with van der Waals surface area (Å²) in [6, 6.07) is 5.17. The molecule has 0 bridgehead atoms. The highest BCUT2D eigenvalue weighted by atomic mass is 19.1. The van der Waals surface area contributed by atoms with Gasteiger partial charge in [-0.1, -0.05) is 0 Å². The zero-order valence-corrected chi connectivity index (χ0v) is 15.5. The topological polar surface area (TPSA) is 68.2 Å². The van der Waals surface area contributed by atoms with Gasteiger partial charge in [0, 0.05) is 67.7 Å². The van der Waals surface area contributed by atoms with E-state index < -0.39 is 5.82 Å². The average molecular weight is 380 g/mol. The van der Waals surface area contributed by atoms with Crippen molar-refractivity contribution in [1.29, 1.82) is 0 Å². The second kappa shape index (κ2) is 8.50. The van der Waals surface area contributed by atoms with Gasteiger partial charge in [0.2, 0.25) is 0 Å². The number of carbonyl (C=O) groups excluding carboxylic acids is 1. The Balaban J connectivity index is 1.46. The van der Waals surface area contributed by atoms with Crippen LogP contribution in [-0.2, 0) is 16.0 Å². The van der Waals surface area contributed by atoms with Gasteiger partial charge in [-0.25, -0.2) is 4.39 Å². The summed E-state index contributed by atoms with van der Waals surface area (Å²) in [6.07, 6.45) is 6.98. The van der Waals surface area contributed by atoms with Crippen molar-refractivity contribution in [2.24, 2.45) is 0 Å². The Bertz CT molecular complexity index is 989. The summed E-state index contributed by atoms with van der Waals surface area (Å²) in [5, 5.41) is 1.79. The zero-order valence-electron chi connectivity index (χ0n) is 15.5. The number of halogens is 1. The van der Waals surface area contributed by atoms with Crippen LogP contribution in [0.15, 0.2) is 43.0 Å². The van der Waals surface area contributed by atoms with Gasteiger partial charge < -0.3 is 4.74 Å². The van der Waals surface area contributed by atoms with Crippen molar-refractivity contribution in [3.8, 4) is 11.3 Å². The molecule has 1 aliphatic rings. The first-order valence-electron chi connectivity index (χ1n) is 9.35. The summed E-state index contributed by atoms with van der Waals surface area (Å²) < 4.78 is 18.8. The largest absolute Gasteiger partial charge is 0.379 e. The van der Waals surface area contributed by atoms with Crippen molar-refractivity contribution in [2.75, 3.05) is 32.8 Å². The van der Waals surface area contributed by atoms with E-state index in [0.717, 1.165) is 55.5 Å². The molecule has 1 aliphatic heterocycles. The molecule has 0 unspecified atom stereocenters. The van der Waals surface area contributed by atoms with Crippen molar-refractivity contribution in [3.63, 3.8) is 0 Å². The molecule has 144 valence electrons. The van der Waals surface area contributed by atoms with Crippen LogP contribution in [0, 0.1) is 5.82 Å². The van der Waals surface area contributed by atoms with Crippen LogP contribution in [0.5, 0.6) is 0 Å². The van der Waals surface area contributed by atoms with E-state index in [0.29, 0.717) is 24.1 Å². The molecular formula is C21H21FN4O2.